The molecule has 0 amide bonds. The third-order valence-corrected chi connectivity index (χ3v) is 4.77. The van der Waals surface area contributed by atoms with Crippen LogP contribution < -0.4 is 5.32 Å². The third kappa shape index (κ3) is 4.23. The highest BCUT2D eigenvalue weighted by molar-refractivity contribution is 9.10. The minimum Gasteiger partial charge on any atom is -0.381 e. The van der Waals surface area contributed by atoms with Gasteiger partial charge in [0.2, 0.25) is 0 Å². The molecule has 1 aromatic rings. The molecule has 1 atom stereocenters. The molecule has 1 unspecified atom stereocenters. The Bertz CT molecular complexity index is 422. The number of anilines is 1. The predicted octanol–water partition coefficient (Wildman–Crippen LogP) is 4.74. The van der Waals surface area contributed by atoms with Crippen LogP contribution in [0.5, 0.6) is 0 Å². The molecule has 2 rings (SSSR count). The van der Waals surface area contributed by atoms with E-state index in [4.69, 9.17) is 0 Å². The first-order valence-corrected chi connectivity index (χ1v) is 8.65. The fraction of sp³-hybridized carbons (Fsp3) is 0.647. The number of nitrogens with zero attached hydrogens (tertiary/aromatic N) is 1. The van der Waals surface area contributed by atoms with Crippen LogP contribution in [-0.2, 0) is 0 Å². The second-order valence-electron chi connectivity index (χ2n) is 6.05. The van der Waals surface area contributed by atoms with Crippen LogP contribution >= 0.6 is 15.9 Å². The van der Waals surface area contributed by atoms with Gasteiger partial charge < -0.3 is 10.2 Å². The summed E-state index contributed by atoms with van der Waals surface area (Å²) in [6.07, 6.45) is 5.10. The van der Waals surface area contributed by atoms with E-state index in [1.54, 1.807) is 0 Å². The van der Waals surface area contributed by atoms with Gasteiger partial charge >= 0.3 is 0 Å². The Morgan fingerprint density at radius 1 is 1.25 bits per heavy atom. The maximum absolute atomic E-state index is 3.77. The lowest BCUT2D eigenvalue weighted by Gasteiger charge is -2.22. The van der Waals surface area contributed by atoms with Gasteiger partial charge in [0.05, 0.1) is 5.69 Å². The fourth-order valence-corrected chi connectivity index (χ4v) is 3.93. The van der Waals surface area contributed by atoms with Crippen molar-refractivity contribution in [2.24, 2.45) is 0 Å². The number of rotatable bonds is 4. The summed E-state index contributed by atoms with van der Waals surface area (Å²) in [4.78, 5) is 2.61. The summed E-state index contributed by atoms with van der Waals surface area (Å²) in [5, 5.41) is 3.77. The van der Waals surface area contributed by atoms with Gasteiger partial charge in [0.15, 0.2) is 0 Å². The average Bonchev–Trinajstić information content (AvgIpc) is 2.60. The lowest BCUT2D eigenvalue weighted by atomic mass is 10.1. The van der Waals surface area contributed by atoms with E-state index in [1.807, 2.05) is 0 Å². The normalized spacial score (nSPS) is 20.7. The van der Waals surface area contributed by atoms with E-state index in [2.05, 4.69) is 59.1 Å². The maximum Gasteiger partial charge on any atom is 0.0516 e. The number of hydrogen-bond acceptors (Lipinski definition) is 2. The zero-order chi connectivity index (χ0) is 14.5. The summed E-state index contributed by atoms with van der Waals surface area (Å²) in [6.45, 7) is 10.4. The molecule has 1 aromatic carbocycles. The van der Waals surface area contributed by atoms with Crippen molar-refractivity contribution < 1.29 is 0 Å². The molecule has 0 bridgehead atoms. The SMILES string of the molecule is CCCN1CCCC(Nc2c(C)cc(C)cc2Br)CC1. The third-order valence-electron chi connectivity index (χ3n) is 4.14. The Morgan fingerprint density at radius 3 is 2.75 bits per heavy atom. The van der Waals surface area contributed by atoms with Crippen molar-refractivity contribution >= 4 is 21.6 Å². The summed E-state index contributed by atoms with van der Waals surface area (Å²) < 4.78 is 1.20. The van der Waals surface area contributed by atoms with E-state index in [0.717, 1.165) is 0 Å². The second-order valence-corrected chi connectivity index (χ2v) is 6.91. The molecule has 0 saturated carbocycles. The summed E-state index contributed by atoms with van der Waals surface area (Å²) in [5.74, 6) is 0. The first-order chi connectivity index (χ1) is 9.60. The van der Waals surface area contributed by atoms with Crippen LogP contribution in [0.25, 0.3) is 0 Å². The van der Waals surface area contributed by atoms with Gasteiger partial charge in [-0.3, -0.25) is 0 Å². The molecule has 112 valence electrons. The van der Waals surface area contributed by atoms with Crippen LogP contribution in [0, 0.1) is 13.8 Å². The molecule has 1 N–H and O–H groups in total. The molecular weight excluding hydrogens is 312 g/mol. The van der Waals surface area contributed by atoms with Crippen molar-refractivity contribution in [3.8, 4) is 0 Å². The second kappa shape index (κ2) is 7.46. The lowest BCUT2D eigenvalue weighted by Crippen LogP contribution is -2.27. The number of halogens is 1. The van der Waals surface area contributed by atoms with E-state index in [0.29, 0.717) is 6.04 Å². The van der Waals surface area contributed by atoms with Gasteiger partial charge in [-0.05, 0) is 85.7 Å². The van der Waals surface area contributed by atoms with Gasteiger partial charge in [0.25, 0.3) is 0 Å². The van der Waals surface area contributed by atoms with Crippen LogP contribution in [0.3, 0.4) is 0 Å². The predicted molar refractivity (Wildman–Crippen MR) is 91.6 cm³/mol. The largest absolute Gasteiger partial charge is 0.381 e. The molecule has 0 spiro atoms. The Kier molecular flexibility index (Phi) is 5.91. The Hall–Kier alpha value is -0.540. The number of benzene rings is 1. The van der Waals surface area contributed by atoms with E-state index in [9.17, 15) is 0 Å². The van der Waals surface area contributed by atoms with Crippen LogP contribution in [-0.4, -0.2) is 30.6 Å². The molecule has 2 nitrogen and oxygen atoms in total. The molecule has 20 heavy (non-hydrogen) atoms. The van der Waals surface area contributed by atoms with E-state index in [-0.39, 0.29) is 0 Å². The zero-order valence-corrected chi connectivity index (χ0v) is 14.6. The molecule has 0 radical (unpaired) electrons. The van der Waals surface area contributed by atoms with Crippen LogP contribution in [0.4, 0.5) is 5.69 Å². The van der Waals surface area contributed by atoms with E-state index in [1.165, 1.54) is 66.6 Å². The van der Waals surface area contributed by atoms with Gasteiger partial charge in [0.1, 0.15) is 0 Å². The summed E-state index contributed by atoms with van der Waals surface area (Å²) in [5.41, 5.74) is 3.94. The van der Waals surface area contributed by atoms with E-state index >= 15 is 0 Å². The van der Waals surface area contributed by atoms with Gasteiger partial charge in [-0.25, -0.2) is 0 Å². The first-order valence-electron chi connectivity index (χ1n) is 7.85. The molecule has 1 saturated heterocycles. The van der Waals surface area contributed by atoms with Crippen molar-refractivity contribution in [3.05, 3.63) is 27.7 Å². The van der Waals surface area contributed by atoms with Crippen molar-refractivity contribution in [2.75, 3.05) is 25.0 Å². The van der Waals surface area contributed by atoms with Crippen molar-refractivity contribution in [2.45, 2.75) is 52.5 Å². The molecule has 0 aliphatic carbocycles. The number of aryl methyl sites for hydroxylation is 2. The lowest BCUT2D eigenvalue weighted by molar-refractivity contribution is 0.285. The van der Waals surface area contributed by atoms with E-state index < -0.39 is 0 Å². The maximum atomic E-state index is 3.77. The minimum absolute atomic E-state index is 0.606. The average molecular weight is 339 g/mol. The standard InChI is InChI=1S/C17H27BrN2/c1-4-8-20-9-5-6-15(7-10-20)19-17-14(3)11-13(2)12-16(17)18/h11-12,15,19H,4-10H2,1-3H3. The zero-order valence-electron chi connectivity index (χ0n) is 13.0. The van der Waals surface area contributed by atoms with Crippen molar-refractivity contribution in [1.82, 2.24) is 4.90 Å². The highest BCUT2D eigenvalue weighted by Gasteiger charge is 2.17. The fourth-order valence-electron chi connectivity index (χ4n) is 3.14. The highest BCUT2D eigenvalue weighted by Crippen LogP contribution is 2.29. The van der Waals surface area contributed by atoms with Crippen molar-refractivity contribution in [3.63, 3.8) is 0 Å². The molecule has 1 aliphatic heterocycles. The highest BCUT2D eigenvalue weighted by atomic mass is 79.9. The van der Waals surface area contributed by atoms with Crippen LogP contribution in [0.2, 0.25) is 0 Å². The number of hydrogen-bond donors (Lipinski definition) is 1. The first kappa shape index (κ1) is 15.8. The van der Waals surface area contributed by atoms with Crippen LogP contribution in [0.1, 0.15) is 43.7 Å². The molecule has 1 fully saturated rings. The number of nitrogens with one attached hydrogen (secondary N) is 1. The van der Waals surface area contributed by atoms with Gasteiger partial charge in [-0.1, -0.05) is 13.0 Å². The molecule has 0 aromatic heterocycles. The molecular formula is C17H27BrN2. The quantitative estimate of drug-likeness (QED) is 0.852. The number of likely N-dealkylation sites (tertiary alicyclic amines) is 1. The summed E-state index contributed by atoms with van der Waals surface area (Å²) in [7, 11) is 0. The molecule has 1 aliphatic rings. The minimum atomic E-state index is 0.606. The van der Waals surface area contributed by atoms with Gasteiger partial charge in [-0.2, -0.15) is 0 Å². The smallest absolute Gasteiger partial charge is 0.0516 e. The molecule has 1 heterocycles. The Balaban J connectivity index is 2.00. The van der Waals surface area contributed by atoms with Crippen molar-refractivity contribution in [1.29, 1.82) is 0 Å². The van der Waals surface area contributed by atoms with Gasteiger partial charge in [-0.15, -0.1) is 0 Å². The molecule has 3 heteroatoms. The van der Waals surface area contributed by atoms with Gasteiger partial charge in [0, 0.05) is 17.1 Å². The topological polar surface area (TPSA) is 15.3 Å². The Morgan fingerprint density at radius 2 is 2.05 bits per heavy atom. The monoisotopic (exact) mass is 338 g/mol. The Labute approximate surface area is 132 Å². The summed E-state index contributed by atoms with van der Waals surface area (Å²) in [6, 6.07) is 5.07. The summed E-state index contributed by atoms with van der Waals surface area (Å²) >= 11 is 3.71. The van der Waals surface area contributed by atoms with Crippen LogP contribution in [0.15, 0.2) is 16.6 Å².